The molecule has 1 fully saturated rings. The molecular formula is C26H24Cl2N2O2S. The topological polar surface area (TPSA) is 40.6 Å². The molecule has 1 aliphatic heterocycles. The van der Waals surface area contributed by atoms with Crippen LogP contribution >= 0.6 is 34.5 Å². The molecule has 5 rings (SSSR count). The van der Waals surface area contributed by atoms with Gasteiger partial charge < -0.3 is 9.80 Å². The molecule has 1 aliphatic carbocycles. The van der Waals surface area contributed by atoms with Crippen molar-refractivity contribution in [3.05, 3.63) is 91.1 Å². The minimum Gasteiger partial charge on any atom is -0.330 e. The molecule has 2 amide bonds. The predicted molar refractivity (Wildman–Crippen MR) is 133 cm³/mol. The molecule has 7 heteroatoms. The van der Waals surface area contributed by atoms with Crippen molar-refractivity contribution in [3.63, 3.8) is 0 Å². The molecule has 33 heavy (non-hydrogen) atoms. The normalized spacial score (nSPS) is 17.5. The van der Waals surface area contributed by atoms with E-state index in [1.165, 1.54) is 10.4 Å². The Morgan fingerprint density at radius 1 is 1.09 bits per heavy atom. The van der Waals surface area contributed by atoms with Gasteiger partial charge in [0.25, 0.3) is 5.91 Å². The van der Waals surface area contributed by atoms with Crippen LogP contribution in [0, 0.1) is 6.92 Å². The highest BCUT2D eigenvalue weighted by atomic mass is 35.5. The quantitative estimate of drug-likeness (QED) is 0.423. The SMILES string of the molecule is Cc1ccccc1C1c2ccsc2CCN1C(=O)CN(C(=O)c1ccc(Cl)cc1Cl)C1CC1. The second kappa shape index (κ2) is 9.13. The number of thiophene rings is 1. The minimum atomic E-state index is -0.215. The molecule has 2 aliphatic rings. The van der Waals surface area contributed by atoms with E-state index in [2.05, 4.69) is 30.5 Å². The van der Waals surface area contributed by atoms with Crippen LogP contribution in [-0.4, -0.2) is 40.7 Å². The fourth-order valence-electron chi connectivity index (χ4n) is 4.62. The van der Waals surface area contributed by atoms with Gasteiger partial charge in [0.05, 0.1) is 16.6 Å². The van der Waals surface area contributed by atoms with Gasteiger partial charge in [-0.3, -0.25) is 9.59 Å². The molecule has 1 unspecified atom stereocenters. The molecule has 0 spiro atoms. The Balaban J connectivity index is 1.45. The van der Waals surface area contributed by atoms with E-state index in [0.29, 0.717) is 22.2 Å². The molecule has 0 bridgehead atoms. The van der Waals surface area contributed by atoms with E-state index in [1.807, 2.05) is 17.0 Å². The van der Waals surface area contributed by atoms with E-state index in [1.54, 1.807) is 34.4 Å². The summed E-state index contributed by atoms with van der Waals surface area (Å²) in [4.78, 5) is 32.1. The van der Waals surface area contributed by atoms with Crippen LogP contribution in [0.25, 0.3) is 0 Å². The molecule has 0 N–H and O–H groups in total. The Labute approximate surface area is 207 Å². The number of carbonyl (C=O) groups excluding carboxylic acids is 2. The Morgan fingerprint density at radius 3 is 2.61 bits per heavy atom. The molecule has 0 radical (unpaired) electrons. The van der Waals surface area contributed by atoms with Crippen molar-refractivity contribution in [3.8, 4) is 0 Å². The summed E-state index contributed by atoms with van der Waals surface area (Å²) in [5, 5.41) is 2.89. The lowest BCUT2D eigenvalue weighted by molar-refractivity contribution is -0.134. The second-order valence-corrected chi connectivity index (χ2v) is 10.5. The molecular weight excluding hydrogens is 475 g/mol. The Morgan fingerprint density at radius 2 is 1.88 bits per heavy atom. The summed E-state index contributed by atoms with van der Waals surface area (Å²) in [6, 6.07) is 15.2. The van der Waals surface area contributed by atoms with Crippen LogP contribution in [0.1, 0.15) is 50.8 Å². The van der Waals surface area contributed by atoms with Gasteiger partial charge in [-0.05, 0) is 72.5 Å². The van der Waals surface area contributed by atoms with Gasteiger partial charge in [0.2, 0.25) is 5.91 Å². The monoisotopic (exact) mass is 498 g/mol. The van der Waals surface area contributed by atoms with Crippen molar-refractivity contribution >= 4 is 46.4 Å². The zero-order valence-corrected chi connectivity index (χ0v) is 20.6. The van der Waals surface area contributed by atoms with Crippen LogP contribution < -0.4 is 0 Å². The Bertz CT molecular complexity index is 1220. The zero-order valence-electron chi connectivity index (χ0n) is 18.3. The molecule has 2 heterocycles. The number of halogens is 2. The number of nitrogens with zero attached hydrogens (tertiary/aromatic N) is 2. The van der Waals surface area contributed by atoms with E-state index in [9.17, 15) is 9.59 Å². The maximum atomic E-state index is 13.7. The van der Waals surface area contributed by atoms with Crippen LogP contribution in [0.2, 0.25) is 10.0 Å². The summed E-state index contributed by atoms with van der Waals surface area (Å²) in [6.07, 6.45) is 2.64. The van der Waals surface area contributed by atoms with E-state index in [-0.39, 0.29) is 30.4 Å². The second-order valence-electron chi connectivity index (χ2n) is 8.68. The summed E-state index contributed by atoms with van der Waals surface area (Å²) in [7, 11) is 0. The summed E-state index contributed by atoms with van der Waals surface area (Å²) >= 11 is 14.1. The highest BCUT2D eigenvalue weighted by Crippen LogP contribution is 2.39. The third-order valence-electron chi connectivity index (χ3n) is 6.48. The highest BCUT2D eigenvalue weighted by molar-refractivity contribution is 7.10. The summed E-state index contributed by atoms with van der Waals surface area (Å²) < 4.78 is 0. The van der Waals surface area contributed by atoms with Gasteiger partial charge in [-0.25, -0.2) is 0 Å². The number of rotatable bonds is 5. The average Bonchev–Trinajstić information content (AvgIpc) is 3.52. The van der Waals surface area contributed by atoms with Gasteiger partial charge in [-0.1, -0.05) is 47.5 Å². The molecule has 1 saturated carbocycles. The van der Waals surface area contributed by atoms with Crippen LogP contribution in [0.5, 0.6) is 0 Å². The number of aryl methyl sites for hydroxylation is 1. The lowest BCUT2D eigenvalue weighted by atomic mass is 9.90. The fourth-order valence-corrected chi connectivity index (χ4v) is 6.01. The first-order valence-electron chi connectivity index (χ1n) is 11.1. The third kappa shape index (κ3) is 4.42. The van der Waals surface area contributed by atoms with Gasteiger partial charge in [0.1, 0.15) is 6.54 Å². The van der Waals surface area contributed by atoms with Gasteiger partial charge >= 0.3 is 0 Å². The van der Waals surface area contributed by atoms with Crippen LogP contribution in [0.15, 0.2) is 53.9 Å². The summed E-state index contributed by atoms with van der Waals surface area (Å²) in [5.41, 5.74) is 3.87. The van der Waals surface area contributed by atoms with Crippen LogP contribution in [0.3, 0.4) is 0 Å². The highest BCUT2D eigenvalue weighted by Gasteiger charge is 2.39. The van der Waals surface area contributed by atoms with Crippen molar-refractivity contribution in [1.29, 1.82) is 0 Å². The van der Waals surface area contributed by atoms with Crippen molar-refractivity contribution in [1.82, 2.24) is 9.80 Å². The van der Waals surface area contributed by atoms with E-state index >= 15 is 0 Å². The Kier molecular flexibility index (Phi) is 6.21. The first kappa shape index (κ1) is 22.5. The molecule has 170 valence electrons. The third-order valence-corrected chi connectivity index (χ3v) is 8.03. The van der Waals surface area contributed by atoms with Gasteiger partial charge in [0.15, 0.2) is 0 Å². The summed E-state index contributed by atoms with van der Waals surface area (Å²) in [6.45, 7) is 2.77. The number of amides is 2. The van der Waals surface area contributed by atoms with E-state index in [0.717, 1.165) is 30.4 Å². The Hall–Kier alpha value is -2.34. The average molecular weight is 499 g/mol. The maximum absolute atomic E-state index is 13.7. The predicted octanol–water partition coefficient (Wildman–Crippen LogP) is 6.14. The smallest absolute Gasteiger partial charge is 0.256 e. The largest absolute Gasteiger partial charge is 0.330 e. The number of hydrogen-bond donors (Lipinski definition) is 0. The maximum Gasteiger partial charge on any atom is 0.256 e. The number of benzene rings is 2. The van der Waals surface area contributed by atoms with E-state index in [4.69, 9.17) is 23.2 Å². The van der Waals surface area contributed by atoms with Crippen LogP contribution in [0.4, 0.5) is 0 Å². The number of fused-ring (bicyclic) bond motifs is 1. The van der Waals surface area contributed by atoms with Crippen LogP contribution in [-0.2, 0) is 11.2 Å². The van der Waals surface area contributed by atoms with Crippen molar-refractivity contribution < 1.29 is 9.59 Å². The first-order valence-corrected chi connectivity index (χ1v) is 12.7. The fraction of sp³-hybridized carbons (Fsp3) is 0.308. The lowest BCUT2D eigenvalue weighted by Gasteiger charge is -2.38. The van der Waals surface area contributed by atoms with Gasteiger partial charge in [-0.2, -0.15) is 0 Å². The van der Waals surface area contributed by atoms with Crippen molar-refractivity contribution in [2.45, 2.75) is 38.3 Å². The standard InChI is InChI=1S/C26H24Cl2N2O2S/c1-16-4-2-3-5-19(16)25-21-11-13-33-23(21)10-12-29(25)24(31)15-30(18-7-8-18)26(32)20-9-6-17(27)14-22(20)28/h2-6,9,11,13-14,18,25H,7-8,10,12,15H2,1H3. The number of hydrogen-bond acceptors (Lipinski definition) is 3. The van der Waals surface area contributed by atoms with Gasteiger partial charge in [0, 0.05) is 22.5 Å². The van der Waals surface area contributed by atoms with Gasteiger partial charge in [-0.15, -0.1) is 11.3 Å². The lowest BCUT2D eigenvalue weighted by Crippen LogP contribution is -2.47. The number of carbonyl (C=O) groups is 2. The summed E-state index contributed by atoms with van der Waals surface area (Å²) in [5.74, 6) is -0.251. The molecule has 3 aromatic rings. The van der Waals surface area contributed by atoms with E-state index < -0.39 is 0 Å². The molecule has 2 aromatic carbocycles. The van der Waals surface area contributed by atoms with Crippen molar-refractivity contribution in [2.75, 3.05) is 13.1 Å². The molecule has 1 aromatic heterocycles. The first-order chi connectivity index (χ1) is 15.9. The van der Waals surface area contributed by atoms with Crippen molar-refractivity contribution in [2.24, 2.45) is 0 Å². The molecule has 1 atom stereocenters. The molecule has 0 saturated heterocycles. The zero-order chi connectivity index (χ0) is 23.1. The molecule has 4 nitrogen and oxygen atoms in total. The minimum absolute atomic E-state index is 0.0366.